The van der Waals surface area contributed by atoms with Crippen molar-refractivity contribution in [3.63, 3.8) is 0 Å². The van der Waals surface area contributed by atoms with Crippen LogP contribution in [0.5, 0.6) is 0 Å². The predicted molar refractivity (Wildman–Crippen MR) is 190 cm³/mol. The van der Waals surface area contributed by atoms with E-state index in [1.165, 1.54) is 11.8 Å². The lowest BCUT2D eigenvalue weighted by Gasteiger charge is -2.50. The Morgan fingerprint density at radius 1 is 0.673 bits per heavy atom. The molecule has 49 heavy (non-hydrogen) atoms. The van der Waals surface area contributed by atoms with Crippen molar-refractivity contribution in [2.24, 2.45) is 0 Å². The smallest absolute Gasteiger partial charge is 0.264 e. The van der Waals surface area contributed by atoms with Gasteiger partial charge in [-0.05, 0) is 22.3 Å². The third-order valence-electron chi connectivity index (χ3n) is 8.76. The van der Waals surface area contributed by atoms with Crippen LogP contribution in [0, 0.1) is 0 Å². The summed E-state index contributed by atoms with van der Waals surface area (Å²) in [5.41, 5.74) is 3.95. The van der Waals surface area contributed by atoms with Gasteiger partial charge in [0.05, 0.1) is 24.2 Å². The maximum Gasteiger partial charge on any atom is 0.264 e. The van der Waals surface area contributed by atoms with Gasteiger partial charge in [0.2, 0.25) is 0 Å². The average molecular weight is 695 g/mol. The summed E-state index contributed by atoms with van der Waals surface area (Å²) in [6, 6.07) is 50.0. The minimum Gasteiger partial charge on any atom is -0.368 e. The molecule has 5 aromatic rings. The molecule has 0 N–H and O–H groups in total. The first-order valence-electron chi connectivity index (χ1n) is 16.3. The van der Waals surface area contributed by atoms with E-state index in [1.54, 1.807) is 0 Å². The molecule has 0 spiro atoms. The summed E-state index contributed by atoms with van der Waals surface area (Å²) in [6.07, 6.45) is -2.79. The Kier molecular flexibility index (Phi) is 10.3. The molecule has 5 aromatic carbocycles. The Morgan fingerprint density at radius 2 is 1.16 bits per heavy atom. The van der Waals surface area contributed by atoms with E-state index in [9.17, 15) is 8.42 Å². The molecule has 0 saturated carbocycles. The Morgan fingerprint density at radius 3 is 1.67 bits per heavy atom. The van der Waals surface area contributed by atoms with E-state index in [0.29, 0.717) is 0 Å². The van der Waals surface area contributed by atoms with E-state index >= 15 is 0 Å². The molecule has 2 aliphatic heterocycles. The largest absolute Gasteiger partial charge is 0.368 e. The van der Waals surface area contributed by atoms with E-state index in [1.807, 2.05) is 115 Å². The summed E-state index contributed by atoms with van der Waals surface area (Å²) in [5, 5.41) is 0. The fraction of sp³-hybridized carbons (Fsp3) is 0.250. The van der Waals surface area contributed by atoms with Crippen LogP contribution in [0.25, 0.3) is 0 Å². The van der Waals surface area contributed by atoms with Crippen molar-refractivity contribution in [1.82, 2.24) is 0 Å². The lowest BCUT2D eigenvalue weighted by molar-refractivity contribution is -0.322. The molecular weight excluding hydrogens is 657 g/mol. The Hall–Kier alpha value is -3.80. The minimum absolute atomic E-state index is 0.215. The molecular formula is C40H38O7S2. The Bertz CT molecular complexity index is 1780. The van der Waals surface area contributed by atoms with Gasteiger partial charge < -0.3 is 18.9 Å². The van der Waals surface area contributed by atoms with Gasteiger partial charge in [-0.15, -0.1) is 11.8 Å². The number of ether oxygens (including phenoxy) is 4. The highest BCUT2D eigenvalue weighted by atomic mass is 32.2. The van der Waals surface area contributed by atoms with Crippen LogP contribution >= 0.6 is 11.8 Å². The van der Waals surface area contributed by atoms with Gasteiger partial charge in [-0.1, -0.05) is 152 Å². The van der Waals surface area contributed by atoms with Crippen molar-refractivity contribution < 1.29 is 31.5 Å². The van der Waals surface area contributed by atoms with Crippen molar-refractivity contribution in [3.8, 4) is 0 Å². The lowest BCUT2D eigenvalue weighted by atomic mass is 9.84. The second kappa shape index (κ2) is 15.0. The molecule has 0 bridgehead atoms. The normalized spacial score (nSPS) is 24.2. The zero-order chi connectivity index (χ0) is 33.7. The lowest BCUT2D eigenvalue weighted by Crippen LogP contribution is -2.63. The standard InChI is InChI=1S/C40H38O7S2/c1-49(41,42)47-37-36(43-27-29-17-7-2-8-18-29)35-34(28-44-38(46-35)30-19-9-3-10-20-30)45-39(37)48-40(31-21-11-4-12-22-31,32-23-13-5-14-24-32)33-25-15-6-16-26-33/h2-26,34-39H,27-28H2,1H3/t34-,35-,36+,37+,38?,39-/m1/s1. The van der Waals surface area contributed by atoms with Crippen molar-refractivity contribution in [2.75, 3.05) is 12.9 Å². The molecule has 2 saturated heterocycles. The van der Waals surface area contributed by atoms with E-state index < -0.39 is 51.0 Å². The van der Waals surface area contributed by atoms with Gasteiger partial charge in [0.1, 0.15) is 29.9 Å². The highest BCUT2D eigenvalue weighted by Crippen LogP contribution is 2.53. The van der Waals surface area contributed by atoms with Crippen LogP contribution in [0.4, 0.5) is 0 Å². The average Bonchev–Trinajstić information content (AvgIpc) is 3.14. The highest BCUT2D eigenvalue weighted by Gasteiger charge is 2.55. The maximum absolute atomic E-state index is 13.1. The number of hydrogen-bond acceptors (Lipinski definition) is 8. The van der Waals surface area contributed by atoms with Gasteiger partial charge >= 0.3 is 0 Å². The number of hydrogen-bond donors (Lipinski definition) is 0. The molecule has 2 aliphatic rings. The first-order valence-corrected chi connectivity index (χ1v) is 19.0. The van der Waals surface area contributed by atoms with Crippen LogP contribution in [0.3, 0.4) is 0 Å². The van der Waals surface area contributed by atoms with Crippen LogP contribution in [0.15, 0.2) is 152 Å². The Balaban J connectivity index is 1.34. The van der Waals surface area contributed by atoms with Crippen molar-refractivity contribution >= 4 is 21.9 Å². The van der Waals surface area contributed by atoms with Gasteiger partial charge in [-0.3, -0.25) is 4.18 Å². The summed E-state index contributed by atoms with van der Waals surface area (Å²) in [4.78, 5) is 0. The number of fused-ring (bicyclic) bond motifs is 1. The fourth-order valence-electron chi connectivity index (χ4n) is 6.58. The van der Waals surface area contributed by atoms with E-state index in [4.69, 9.17) is 23.1 Å². The van der Waals surface area contributed by atoms with E-state index in [0.717, 1.165) is 34.1 Å². The third kappa shape index (κ3) is 7.54. The van der Waals surface area contributed by atoms with Crippen LogP contribution in [0.1, 0.15) is 34.1 Å². The number of rotatable bonds is 11. The molecule has 7 rings (SSSR count). The van der Waals surface area contributed by atoms with E-state index in [-0.39, 0.29) is 13.2 Å². The maximum atomic E-state index is 13.1. The molecule has 0 amide bonds. The molecule has 0 aliphatic carbocycles. The second-order valence-corrected chi connectivity index (χ2v) is 15.1. The zero-order valence-corrected chi connectivity index (χ0v) is 28.6. The fourth-order valence-corrected chi connectivity index (χ4v) is 8.97. The van der Waals surface area contributed by atoms with Crippen molar-refractivity contribution in [1.29, 1.82) is 0 Å². The number of thioether (sulfide) groups is 1. The second-order valence-electron chi connectivity index (χ2n) is 12.1. The quantitative estimate of drug-likeness (QED) is 0.104. The van der Waals surface area contributed by atoms with E-state index in [2.05, 4.69) is 36.4 Å². The van der Waals surface area contributed by atoms with Gasteiger partial charge in [-0.25, -0.2) is 0 Å². The van der Waals surface area contributed by atoms with Gasteiger partial charge in [-0.2, -0.15) is 8.42 Å². The molecule has 252 valence electrons. The SMILES string of the molecule is CS(=O)(=O)O[C@H]1[C@@H](OCc2ccccc2)[C@@H]2OC(c3ccccc3)OC[C@H]2O[C@@H]1SC(c1ccccc1)(c1ccccc1)c1ccccc1. The molecule has 6 atom stereocenters. The third-order valence-corrected chi connectivity index (χ3v) is 11.0. The zero-order valence-electron chi connectivity index (χ0n) is 27.0. The Labute approximate surface area is 292 Å². The van der Waals surface area contributed by atoms with Gasteiger partial charge in [0.15, 0.2) is 6.29 Å². The van der Waals surface area contributed by atoms with Crippen LogP contribution in [0.2, 0.25) is 0 Å². The van der Waals surface area contributed by atoms with Crippen molar-refractivity contribution in [2.45, 2.75) is 47.5 Å². The molecule has 0 aromatic heterocycles. The first-order chi connectivity index (χ1) is 23.9. The predicted octanol–water partition coefficient (Wildman–Crippen LogP) is 7.48. The van der Waals surface area contributed by atoms with Crippen LogP contribution < -0.4 is 0 Å². The monoisotopic (exact) mass is 694 g/mol. The molecule has 9 heteroatoms. The summed E-state index contributed by atoms with van der Waals surface area (Å²) in [5.74, 6) is 0. The molecule has 2 fully saturated rings. The highest BCUT2D eigenvalue weighted by molar-refractivity contribution is 8.01. The summed E-state index contributed by atoms with van der Waals surface area (Å²) >= 11 is 1.50. The topological polar surface area (TPSA) is 80.3 Å². The molecule has 0 radical (unpaired) electrons. The molecule has 2 heterocycles. The van der Waals surface area contributed by atoms with Crippen molar-refractivity contribution in [3.05, 3.63) is 179 Å². The van der Waals surface area contributed by atoms with Crippen LogP contribution in [-0.4, -0.2) is 51.1 Å². The summed E-state index contributed by atoms with van der Waals surface area (Å²) in [6.45, 7) is 0.435. The summed E-state index contributed by atoms with van der Waals surface area (Å²) < 4.78 is 57.7. The molecule has 1 unspecified atom stereocenters. The summed E-state index contributed by atoms with van der Waals surface area (Å²) in [7, 11) is -3.99. The number of benzene rings is 5. The van der Waals surface area contributed by atoms with Gasteiger partial charge in [0.25, 0.3) is 10.1 Å². The first kappa shape index (κ1) is 33.7. The van der Waals surface area contributed by atoms with Crippen LogP contribution in [-0.2, 0) is 44.6 Å². The minimum atomic E-state index is -3.99. The van der Waals surface area contributed by atoms with Gasteiger partial charge in [0, 0.05) is 5.56 Å². The molecule has 7 nitrogen and oxygen atoms in total.